The molecule has 122 valence electrons. The molecule has 1 aliphatic rings. The molecular formula is C15H22ClN2O3S+. The van der Waals surface area contributed by atoms with Crippen molar-refractivity contribution in [3.8, 4) is 0 Å². The molecule has 1 saturated heterocycles. The van der Waals surface area contributed by atoms with Crippen LogP contribution in [0.15, 0.2) is 24.3 Å². The molecule has 0 spiro atoms. The SMILES string of the molecule is C[C@H]([NH2+]CC(=O)N[C@@]1(C)CCS(=O)(=O)C1)c1ccc(Cl)cc1. The molecule has 2 rings (SSSR count). The second-order valence-electron chi connectivity index (χ2n) is 6.23. The van der Waals surface area contributed by atoms with Crippen molar-refractivity contribution in [2.75, 3.05) is 18.1 Å². The highest BCUT2D eigenvalue weighted by molar-refractivity contribution is 7.91. The van der Waals surface area contributed by atoms with E-state index in [0.717, 1.165) is 5.56 Å². The Morgan fingerprint density at radius 3 is 2.59 bits per heavy atom. The maximum absolute atomic E-state index is 12.0. The first-order chi connectivity index (χ1) is 10.2. The minimum atomic E-state index is -3.02. The molecule has 1 heterocycles. The van der Waals surface area contributed by atoms with Gasteiger partial charge in [0.1, 0.15) is 6.04 Å². The number of halogens is 1. The zero-order valence-corrected chi connectivity index (χ0v) is 14.4. The molecule has 22 heavy (non-hydrogen) atoms. The number of quaternary nitrogens is 1. The van der Waals surface area contributed by atoms with Gasteiger partial charge in [-0.2, -0.15) is 0 Å². The van der Waals surface area contributed by atoms with E-state index in [-0.39, 0.29) is 30.0 Å². The van der Waals surface area contributed by atoms with Crippen molar-refractivity contribution in [1.82, 2.24) is 5.32 Å². The maximum atomic E-state index is 12.0. The standard InChI is InChI=1S/C15H21ClN2O3S/c1-11(12-3-5-13(16)6-4-12)17-9-14(19)18-15(2)7-8-22(20,21)10-15/h3-6,11,17H,7-10H2,1-2H3,(H,18,19)/p+1/t11-,15-/m0/s1. The summed E-state index contributed by atoms with van der Waals surface area (Å²) in [6, 6.07) is 7.65. The molecule has 1 aliphatic heterocycles. The van der Waals surface area contributed by atoms with Crippen molar-refractivity contribution in [2.24, 2.45) is 0 Å². The summed E-state index contributed by atoms with van der Waals surface area (Å²) < 4.78 is 23.1. The number of sulfone groups is 1. The lowest BCUT2D eigenvalue weighted by Gasteiger charge is -2.23. The zero-order chi connectivity index (χ0) is 16.4. The van der Waals surface area contributed by atoms with Crippen LogP contribution in [-0.2, 0) is 14.6 Å². The van der Waals surface area contributed by atoms with Gasteiger partial charge in [-0.3, -0.25) is 4.79 Å². The Kier molecular flexibility index (Phi) is 5.14. The third-order valence-electron chi connectivity index (χ3n) is 4.00. The van der Waals surface area contributed by atoms with Crippen molar-refractivity contribution in [3.63, 3.8) is 0 Å². The maximum Gasteiger partial charge on any atom is 0.275 e. The third-order valence-corrected chi connectivity index (χ3v) is 6.15. The summed E-state index contributed by atoms with van der Waals surface area (Å²) >= 11 is 5.85. The van der Waals surface area contributed by atoms with Crippen LogP contribution in [0.25, 0.3) is 0 Å². The van der Waals surface area contributed by atoms with Crippen LogP contribution in [0.3, 0.4) is 0 Å². The van der Waals surface area contributed by atoms with E-state index in [1.54, 1.807) is 6.92 Å². The molecule has 1 fully saturated rings. The summed E-state index contributed by atoms with van der Waals surface area (Å²) in [4.78, 5) is 12.0. The largest absolute Gasteiger partial charge is 0.345 e. The van der Waals surface area contributed by atoms with Gasteiger partial charge in [-0.05, 0) is 32.4 Å². The van der Waals surface area contributed by atoms with E-state index in [0.29, 0.717) is 11.4 Å². The van der Waals surface area contributed by atoms with E-state index in [9.17, 15) is 13.2 Å². The minimum absolute atomic E-state index is 0.0263. The van der Waals surface area contributed by atoms with E-state index in [2.05, 4.69) is 5.32 Å². The Balaban J connectivity index is 1.84. The van der Waals surface area contributed by atoms with Crippen LogP contribution >= 0.6 is 11.6 Å². The number of carbonyl (C=O) groups is 1. The molecular weight excluding hydrogens is 324 g/mol. The highest BCUT2D eigenvalue weighted by atomic mass is 35.5. The van der Waals surface area contributed by atoms with Gasteiger partial charge in [0.2, 0.25) is 0 Å². The van der Waals surface area contributed by atoms with Crippen LogP contribution in [0.2, 0.25) is 5.02 Å². The van der Waals surface area contributed by atoms with Gasteiger partial charge in [-0.15, -0.1) is 0 Å². The van der Waals surface area contributed by atoms with Crippen molar-refractivity contribution in [1.29, 1.82) is 0 Å². The Morgan fingerprint density at radius 1 is 1.41 bits per heavy atom. The molecule has 1 aromatic carbocycles. The first-order valence-corrected chi connectivity index (χ1v) is 9.49. The van der Waals surface area contributed by atoms with Gasteiger partial charge in [0.05, 0.1) is 17.0 Å². The lowest BCUT2D eigenvalue weighted by atomic mass is 10.0. The average Bonchev–Trinajstić information content (AvgIpc) is 2.70. The predicted molar refractivity (Wildman–Crippen MR) is 86.5 cm³/mol. The van der Waals surface area contributed by atoms with Crippen LogP contribution in [0.4, 0.5) is 0 Å². The number of hydrogen-bond donors (Lipinski definition) is 2. The zero-order valence-electron chi connectivity index (χ0n) is 12.8. The fraction of sp³-hybridized carbons (Fsp3) is 0.533. The third kappa shape index (κ3) is 4.69. The molecule has 1 amide bonds. The van der Waals surface area contributed by atoms with Crippen molar-refractivity contribution in [3.05, 3.63) is 34.9 Å². The number of nitrogens with two attached hydrogens (primary N) is 1. The summed E-state index contributed by atoms with van der Waals surface area (Å²) in [5, 5.41) is 5.46. The van der Waals surface area contributed by atoms with E-state index in [4.69, 9.17) is 11.6 Å². The van der Waals surface area contributed by atoms with Gasteiger partial charge in [0.15, 0.2) is 16.4 Å². The quantitative estimate of drug-likeness (QED) is 0.822. The molecule has 0 saturated carbocycles. The fourth-order valence-electron chi connectivity index (χ4n) is 2.68. The average molecular weight is 346 g/mol. The smallest absolute Gasteiger partial charge is 0.275 e. The number of benzene rings is 1. The Bertz CT molecular complexity index is 645. The molecule has 0 radical (unpaired) electrons. The van der Waals surface area contributed by atoms with Crippen molar-refractivity contribution >= 4 is 27.3 Å². The monoisotopic (exact) mass is 345 g/mol. The van der Waals surface area contributed by atoms with Gasteiger partial charge < -0.3 is 10.6 Å². The summed E-state index contributed by atoms with van der Waals surface area (Å²) in [6.07, 6.45) is 0.480. The first kappa shape index (κ1) is 17.2. The lowest BCUT2D eigenvalue weighted by molar-refractivity contribution is -0.682. The summed E-state index contributed by atoms with van der Waals surface area (Å²) in [5.41, 5.74) is 0.458. The Labute approximate surface area is 136 Å². The highest BCUT2D eigenvalue weighted by Crippen LogP contribution is 2.22. The first-order valence-electron chi connectivity index (χ1n) is 7.29. The highest BCUT2D eigenvalue weighted by Gasteiger charge is 2.39. The van der Waals surface area contributed by atoms with Crippen LogP contribution < -0.4 is 10.6 Å². The van der Waals surface area contributed by atoms with Crippen molar-refractivity contribution in [2.45, 2.75) is 31.8 Å². The van der Waals surface area contributed by atoms with Crippen LogP contribution in [0.5, 0.6) is 0 Å². The molecule has 2 atom stereocenters. The molecule has 0 aromatic heterocycles. The van der Waals surface area contributed by atoms with E-state index in [1.165, 1.54) is 0 Å². The van der Waals surface area contributed by atoms with Gasteiger partial charge in [0.25, 0.3) is 5.91 Å². The number of nitrogens with one attached hydrogen (secondary N) is 1. The molecule has 0 bridgehead atoms. The summed E-state index contributed by atoms with van der Waals surface area (Å²) in [6.45, 7) is 4.07. The Hall–Kier alpha value is -1.11. The van der Waals surface area contributed by atoms with E-state index < -0.39 is 15.4 Å². The van der Waals surface area contributed by atoms with Gasteiger partial charge in [-0.1, -0.05) is 23.7 Å². The minimum Gasteiger partial charge on any atom is -0.345 e. The van der Waals surface area contributed by atoms with Crippen LogP contribution in [-0.4, -0.2) is 37.9 Å². The van der Waals surface area contributed by atoms with Crippen LogP contribution in [0, 0.1) is 0 Å². The molecule has 3 N–H and O–H groups in total. The number of hydrogen-bond acceptors (Lipinski definition) is 3. The van der Waals surface area contributed by atoms with E-state index in [1.807, 2.05) is 36.5 Å². The second-order valence-corrected chi connectivity index (χ2v) is 8.85. The fourth-order valence-corrected chi connectivity index (χ4v) is 4.90. The van der Waals surface area contributed by atoms with Crippen LogP contribution in [0.1, 0.15) is 31.9 Å². The molecule has 0 aliphatic carbocycles. The normalized spacial score (nSPS) is 24.9. The summed E-state index contributed by atoms with van der Waals surface area (Å²) in [5.74, 6) is 0.0353. The predicted octanol–water partition coefficient (Wildman–Crippen LogP) is 0.658. The molecule has 7 heteroatoms. The van der Waals surface area contributed by atoms with E-state index >= 15 is 0 Å². The number of carbonyl (C=O) groups excluding carboxylic acids is 1. The number of amides is 1. The van der Waals surface area contributed by atoms with Crippen molar-refractivity contribution < 1.29 is 18.5 Å². The van der Waals surface area contributed by atoms with Gasteiger partial charge in [-0.25, -0.2) is 8.42 Å². The molecule has 1 aromatic rings. The second kappa shape index (κ2) is 6.56. The number of rotatable bonds is 5. The lowest BCUT2D eigenvalue weighted by Crippen LogP contribution is -2.87. The van der Waals surface area contributed by atoms with Gasteiger partial charge >= 0.3 is 0 Å². The molecule has 0 unspecified atom stereocenters. The molecule has 5 nitrogen and oxygen atoms in total. The van der Waals surface area contributed by atoms with Gasteiger partial charge in [0, 0.05) is 10.6 Å². The summed E-state index contributed by atoms with van der Waals surface area (Å²) in [7, 11) is -3.02. The topological polar surface area (TPSA) is 79.8 Å². The Morgan fingerprint density at radius 2 is 2.05 bits per heavy atom.